The van der Waals surface area contributed by atoms with Crippen molar-refractivity contribution in [1.82, 2.24) is 14.6 Å². The summed E-state index contributed by atoms with van der Waals surface area (Å²) in [5, 5.41) is 9.11. The number of aryl methyl sites for hydroxylation is 1. The monoisotopic (exact) mass is 474 g/mol. The Morgan fingerprint density at radius 1 is 1.15 bits per heavy atom. The topological polar surface area (TPSA) is 97.3 Å². The standard InChI is InChI=1S/C22H18ClF3N6O/c1-2-12-10-32-19(20(27)28-11-29-32)18(12)13-3-6-15(7-4-13)30-21(33)31-17-9-14(22(24,25)26)5-8-16(17)23/h3-11H,2H2,1H3,(H2,27,28,29)(H2,30,31,33). The molecule has 4 rings (SSSR count). The van der Waals surface area contributed by atoms with Gasteiger partial charge in [0.25, 0.3) is 0 Å². The fourth-order valence-corrected chi connectivity index (χ4v) is 3.64. The molecule has 7 nitrogen and oxygen atoms in total. The fraction of sp³-hybridized carbons (Fsp3) is 0.136. The zero-order chi connectivity index (χ0) is 23.8. The number of hydrogen-bond acceptors (Lipinski definition) is 4. The van der Waals surface area contributed by atoms with Crippen LogP contribution in [0.3, 0.4) is 0 Å². The van der Waals surface area contributed by atoms with Gasteiger partial charge in [-0.05, 0) is 47.9 Å². The van der Waals surface area contributed by atoms with E-state index < -0.39 is 17.8 Å². The van der Waals surface area contributed by atoms with Crippen molar-refractivity contribution >= 4 is 40.3 Å². The first-order valence-corrected chi connectivity index (χ1v) is 10.2. The van der Waals surface area contributed by atoms with Crippen LogP contribution in [0.25, 0.3) is 16.6 Å². The first-order valence-electron chi connectivity index (χ1n) is 9.83. The predicted molar refractivity (Wildman–Crippen MR) is 121 cm³/mol. The smallest absolute Gasteiger partial charge is 0.382 e. The molecule has 4 N–H and O–H groups in total. The lowest BCUT2D eigenvalue weighted by molar-refractivity contribution is -0.137. The lowest BCUT2D eigenvalue weighted by Gasteiger charge is -2.13. The average Bonchev–Trinajstić information content (AvgIpc) is 3.15. The molecule has 0 aliphatic rings. The number of benzene rings is 2. The number of aromatic nitrogens is 3. The van der Waals surface area contributed by atoms with E-state index in [-0.39, 0.29) is 10.7 Å². The second-order valence-electron chi connectivity index (χ2n) is 7.17. The summed E-state index contributed by atoms with van der Waals surface area (Å²) < 4.78 is 40.5. The van der Waals surface area contributed by atoms with Gasteiger partial charge in [0, 0.05) is 17.4 Å². The van der Waals surface area contributed by atoms with Gasteiger partial charge in [0.2, 0.25) is 0 Å². The number of nitrogen functional groups attached to an aromatic ring is 1. The Balaban J connectivity index is 1.55. The number of carbonyl (C=O) groups excluding carboxylic acids is 1. The average molecular weight is 475 g/mol. The minimum Gasteiger partial charge on any atom is -0.382 e. The predicted octanol–water partition coefficient (Wildman–Crippen LogP) is 5.86. The maximum Gasteiger partial charge on any atom is 0.416 e. The van der Waals surface area contributed by atoms with E-state index in [1.54, 1.807) is 28.8 Å². The number of anilines is 3. The molecular formula is C22H18ClF3N6O. The van der Waals surface area contributed by atoms with Crippen molar-refractivity contribution in [3.05, 3.63) is 71.1 Å². The minimum atomic E-state index is -4.55. The van der Waals surface area contributed by atoms with E-state index in [2.05, 4.69) is 20.7 Å². The van der Waals surface area contributed by atoms with Crippen molar-refractivity contribution in [3.63, 3.8) is 0 Å². The third-order valence-electron chi connectivity index (χ3n) is 5.03. The molecule has 33 heavy (non-hydrogen) atoms. The molecular weight excluding hydrogens is 457 g/mol. The van der Waals surface area contributed by atoms with Gasteiger partial charge in [-0.2, -0.15) is 18.3 Å². The Hall–Kier alpha value is -3.79. The van der Waals surface area contributed by atoms with Crippen molar-refractivity contribution in [1.29, 1.82) is 0 Å². The molecule has 0 radical (unpaired) electrons. The molecule has 170 valence electrons. The maximum atomic E-state index is 12.9. The summed E-state index contributed by atoms with van der Waals surface area (Å²) >= 11 is 5.93. The van der Waals surface area contributed by atoms with Crippen molar-refractivity contribution < 1.29 is 18.0 Å². The number of nitrogens with zero attached hydrogens (tertiary/aromatic N) is 3. The summed E-state index contributed by atoms with van der Waals surface area (Å²) in [7, 11) is 0. The van der Waals surface area contributed by atoms with Crippen molar-refractivity contribution in [2.75, 3.05) is 16.4 Å². The molecule has 2 heterocycles. The zero-order valence-corrected chi connectivity index (χ0v) is 18.0. The summed E-state index contributed by atoms with van der Waals surface area (Å²) in [6.07, 6.45) is -0.532. The van der Waals surface area contributed by atoms with Gasteiger partial charge in [-0.25, -0.2) is 14.3 Å². The molecule has 2 aromatic heterocycles. The SMILES string of the molecule is CCc1cn2ncnc(N)c2c1-c1ccc(NC(=O)Nc2cc(C(F)(F)F)ccc2Cl)cc1. The third kappa shape index (κ3) is 4.56. The highest BCUT2D eigenvalue weighted by Gasteiger charge is 2.31. The molecule has 0 spiro atoms. The molecule has 0 saturated carbocycles. The Morgan fingerprint density at radius 2 is 1.88 bits per heavy atom. The van der Waals surface area contributed by atoms with Crippen molar-refractivity contribution in [2.45, 2.75) is 19.5 Å². The summed E-state index contributed by atoms with van der Waals surface area (Å²) in [5.41, 5.74) is 8.89. The Bertz CT molecular complexity index is 1330. The number of amides is 2. The zero-order valence-electron chi connectivity index (χ0n) is 17.2. The number of carbonyl (C=O) groups is 1. The van der Waals surface area contributed by atoms with Crippen LogP contribution in [0.4, 0.5) is 35.2 Å². The molecule has 0 bridgehead atoms. The number of rotatable bonds is 4. The van der Waals surface area contributed by atoms with Crippen LogP contribution in [0.15, 0.2) is 55.0 Å². The summed E-state index contributed by atoms with van der Waals surface area (Å²) in [6.45, 7) is 2.01. The lowest BCUT2D eigenvalue weighted by atomic mass is 10.0. The molecule has 0 unspecified atom stereocenters. The molecule has 0 atom stereocenters. The second kappa shape index (κ2) is 8.62. The Labute approximate surface area is 191 Å². The number of urea groups is 1. The molecule has 4 aromatic rings. The van der Waals surface area contributed by atoms with Crippen LogP contribution in [0.5, 0.6) is 0 Å². The largest absolute Gasteiger partial charge is 0.416 e. The Morgan fingerprint density at radius 3 is 2.55 bits per heavy atom. The highest BCUT2D eigenvalue weighted by molar-refractivity contribution is 6.33. The minimum absolute atomic E-state index is 0.0130. The van der Waals surface area contributed by atoms with Gasteiger partial charge in [-0.1, -0.05) is 30.7 Å². The van der Waals surface area contributed by atoms with Crippen molar-refractivity contribution in [3.8, 4) is 11.1 Å². The second-order valence-corrected chi connectivity index (χ2v) is 7.58. The van der Waals surface area contributed by atoms with Crippen LogP contribution in [0.2, 0.25) is 5.02 Å². The Kier molecular flexibility index (Phi) is 5.86. The van der Waals surface area contributed by atoms with Gasteiger partial charge in [0.1, 0.15) is 11.8 Å². The fourth-order valence-electron chi connectivity index (χ4n) is 3.48. The summed E-state index contributed by atoms with van der Waals surface area (Å²) in [4.78, 5) is 16.4. The molecule has 2 aromatic carbocycles. The number of hydrogen-bond donors (Lipinski definition) is 3. The van der Waals surface area contributed by atoms with Crippen molar-refractivity contribution in [2.24, 2.45) is 0 Å². The van der Waals surface area contributed by atoms with E-state index in [1.807, 2.05) is 13.1 Å². The molecule has 0 fully saturated rings. The van der Waals surface area contributed by atoms with Crippen LogP contribution in [-0.2, 0) is 12.6 Å². The highest BCUT2D eigenvalue weighted by Crippen LogP contribution is 2.35. The number of fused-ring (bicyclic) bond motifs is 1. The number of nitrogens with two attached hydrogens (primary N) is 1. The number of alkyl halides is 3. The number of nitrogens with one attached hydrogen (secondary N) is 2. The van der Waals surface area contributed by atoms with Gasteiger partial charge in [-0.15, -0.1) is 0 Å². The molecule has 0 aliphatic carbocycles. The lowest BCUT2D eigenvalue weighted by Crippen LogP contribution is -2.20. The van der Waals surface area contributed by atoms with E-state index in [1.165, 1.54) is 6.33 Å². The van der Waals surface area contributed by atoms with E-state index in [0.29, 0.717) is 17.0 Å². The molecule has 0 saturated heterocycles. The van der Waals surface area contributed by atoms with E-state index in [9.17, 15) is 18.0 Å². The summed E-state index contributed by atoms with van der Waals surface area (Å²) in [5.74, 6) is 0.347. The summed E-state index contributed by atoms with van der Waals surface area (Å²) in [6, 6.07) is 8.92. The quantitative estimate of drug-likeness (QED) is 0.345. The van der Waals surface area contributed by atoms with E-state index >= 15 is 0 Å². The first-order chi connectivity index (χ1) is 15.7. The van der Waals surface area contributed by atoms with Crippen LogP contribution in [0.1, 0.15) is 18.1 Å². The maximum absolute atomic E-state index is 12.9. The highest BCUT2D eigenvalue weighted by atomic mass is 35.5. The van der Waals surface area contributed by atoms with E-state index in [0.717, 1.165) is 41.3 Å². The van der Waals surface area contributed by atoms with Crippen LogP contribution in [-0.4, -0.2) is 20.6 Å². The van der Waals surface area contributed by atoms with Gasteiger partial charge in [-0.3, -0.25) is 0 Å². The third-order valence-corrected chi connectivity index (χ3v) is 5.36. The normalized spacial score (nSPS) is 11.5. The van der Waals surface area contributed by atoms with Gasteiger partial charge in [0.15, 0.2) is 5.82 Å². The van der Waals surface area contributed by atoms with Gasteiger partial charge < -0.3 is 16.4 Å². The first kappa shape index (κ1) is 22.4. The molecule has 11 heteroatoms. The van der Waals surface area contributed by atoms with Crippen LogP contribution in [0, 0.1) is 0 Å². The molecule has 0 aliphatic heterocycles. The number of halogens is 4. The van der Waals surface area contributed by atoms with Gasteiger partial charge >= 0.3 is 12.2 Å². The van der Waals surface area contributed by atoms with E-state index in [4.69, 9.17) is 17.3 Å². The molecule has 2 amide bonds. The van der Waals surface area contributed by atoms with Gasteiger partial charge in [0.05, 0.1) is 16.3 Å². The van der Waals surface area contributed by atoms with Crippen LogP contribution < -0.4 is 16.4 Å². The van der Waals surface area contributed by atoms with Crippen LogP contribution >= 0.6 is 11.6 Å².